The number of halogens is 1. The fourth-order valence-corrected chi connectivity index (χ4v) is 3.46. The summed E-state index contributed by atoms with van der Waals surface area (Å²) < 4.78 is 9.44. The quantitative estimate of drug-likeness (QED) is 0.331. The van der Waals surface area contributed by atoms with E-state index in [1.807, 2.05) is 19.9 Å². The van der Waals surface area contributed by atoms with Gasteiger partial charge in [-0.25, -0.2) is 14.6 Å². The van der Waals surface area contributed by atoms with Crippen LogP contribution in [-0.2, 0) is 24.9 Å². The van der Waals surface area contributed by atoms with E-state index in [-0.39, 0.29) is 6.54 Å². The van der Waals surface area contributed by atoms with E-state index in [0.717, 1.165) is 5.57 Å². The molecule has 0 aliphatic heterocycles. The molecule has 8 nitrogen and oxygen atoms in total. The van der Waals surface area contributed by atoms with E-state index < -0.39 is 17.2 Å². The molecule has 3 aromatic rings. The number of carbonyl (C=O) groups is 1. The van der Waals surface area contributed by atoms with Crippen LogP contribution in [0.5, 0.6) is 0 Å². The number of hydrogen-bond acceptors (Lipinski definition) is 5. The smallest absolute Gasteiger partial charge is 0.337 e. The number of rotatable bonds is 5. The molecule has 0 radical (unpaired) electrons. The summed E-state index contributed by atoms with van der Waals surface area (Å²) in [5.41, 5.74) is 2.02. The lowest BCUT2D eigenvalue weighted by Gasteiger charge is -2.10. The number of carbonyl (C=O) groups excluding carboxylic acids is 1. The number of nitrogens with zero attached hydrogens (tertiary/aromatic N) is 4. The van der Waals surface area contributed by atoms with Crippen LogP contribution in [0.3, 0.4) is 0 Å². The lowest BCUT2D eigenvalue weighted by molar-refractivity contribution is 0.0600. The van der Waals surface area contributed by atoms with Crippen molar-refractivity contribution in [1.82, 2.24) is 18.7 Å². The predicted octanol–water partition coefficient (Wildman–Crippen LogP) is 2.46. The summed E-state index contributed by atoms with van der Waals surface area (Å²) >= 11 is 3.39. The van der Waals surface area contributed by atoms with Crippen LogP contribution in [0, 0.1) is 0 Å². The summed E-state index contributed by atoms with van der Waals surface area (Å²) in [4.78, 5) is 41.9. The average molecular weight is 461 g/mol. The summed E-state index contributed by atoms with van der Waals surface area (Å²) in [5, 5.41) is 0. The van der Waals surface area contributed by atoms with Gasteiger partial charge in [0, 0.05) is 13.6 Å². The third-order valence-corrected chi connectivity index (χ3v) is 5.19. The second kappa shape index (κ2) is 8.20. The van der Waals surface area contributed by atoms with Crippen LogP contribution in [0.25, 0.3) is 11.2 Å². The second-order valence-corrected chi connectivity index (χ2v) is 7.58. The number of hydrogen-bond donors (Lipinski definition) is 0. The minimum absolute atomic E-state index is 0.0777. The van der Waals surface area contributed by atoms with Crippen LogP contribution in [0.2, 0.25) is 0 Å². The first-order chi connectivity index (χ1) is 13.7. The van der Waals surface area contributed by atoms with Gasteiger partial charge in [-0.1, -0.05) is 23.8 Å². The van der Waals surface area contributed by atoms with Crippen LogP contribution >= 0.6 is 15.9 Å². The van der Waals surface area contributed by atoms with Gasteiger partial charge in [-0.3, -0.25) is 13.9 Å². The van der Waals surface area contributed by atoms with Crippen molar-refractivity contribution in [2.24, 2.45) is 7.05 Å². The van der Waals surface area contributed by atoms with Gasteiger partial charge in [0.15, 0.2) is 15.9 Å². The number of ether oxygens (including phenoxy) is 1. The first kappa shape index (κ1) is 20.8. The zero-order chi connectivity index (χ0) is 21.3. The molecule has 0 aliphatic carbocycles. The van der Waals surface area contributed by atoms with Gasteiger partial charge in [0.25, 0.3) is 5.56 Å². The molecule has 0 unspecified atom stereocenters. The lowest BCUT2D eigenvalue weighted by Crippen LogP contribution is -2.40. The van der Waals surface area contributed by atoms with Gasteiger partial charge in [-0.2, -0.15) is 0 Å². The molecule has 152 valence electrons. The maximum Gasteiger partial charge on any atom is 0.337 e. The van der Waals surface area contributed by atoms with Gasteiger partial charge in [-0.15, -0.1) is 0 Å². The lowest BCUT2D eigenvalue weighted by atomic mass is 10.1. The van der Waals surface area contributed by atoms with Crippen molar-refractivity contribution in [3.63, 3.8) is 0 Å². The number of benzene rings is 1. The van der Waals surface area contributed by atoms with Crippen LogP contribution in [0.4, 0.5) is 0 Å². The molecule has 0 saturated carbocycles. The van der Waals surface area contributed by atoms with Gasteiger partial charge in [0.1, 0.15) is 0 Å². The molecule has 2 aromatic heterocycles. The maximum absolute atomic E-state index is 13.2. The van der Waals surface area contributed by atoms with Crippen LogP contribution in [0.15, 0.2) is 50.2 Å². The molecule has 2 heterocycles. The van der Waals surface area contributed by atoms with E-state index in [1.165, 1.54) is 16.2 Å². The Bertz CT molecular complexity index is 1230. The molecular formula is C20H21BrN4O4. The van der Waals surface area contributed by atoms with E-state index in [0.29, 0.717) is 33.6 Å². The van der Waals surface area contributed by atoms with Crippen molar-refractivity contribution in [2.75, 3.05) is 7.11 Å². The van der Waals surface area contributed by atoms with E-state index in [2.05, 4.69) is 25.7 Å². The summed E-state index contributed by atoms with van der Waals surface area (Å²) in [5.74, 6) is -0.445. The first-order valence-electron chi connectivity index (χ1n) is 8.90. The van der Waals surface area contributed by atoms with Crippen molar-refractivity contribution in [2.45, 2.75) is 26.9 Å². The highest BCUT2D eigenvalue weighted by Gasteiger charge is 2.19. The normalized spacial score (nSPS) is 10.9. The first-order valence-corrected chi connectivity index (χ1v) is 9.70. The number of aromatic nitrogens is 4. The Kier molecular flexibility index (Phi) is 5.88. The van der Waals surface area contributed by atoms with Gasteiger partial charge >= 0.3 is 11.7 Å². The Morgan fingerprint density at radius 2 is 1.83 bits per heavy atom. The largest absolute Gasteiger partial charge is 0.465 e. The highest BCUT2D eigenvalue weighted by atomic mass is 79.9. The highest BCUT2D eigenvalue weighted by Crippen LogP contribution is 2.17. The minimum Gasteiger partial charge on any atom is -0.465 e. The fraction of sp³-hybridized carbons (Fsp3) is 0.300. The molecular weight excluding hydrogens is 440 g/mol. The van der Waals surface area contributed by atoms with Crippen molar-refractivity contribution in [3.05, 3.63) is 72.6 Å². The van der Waals surface area contributed by atoms with Crippen molar-refractivity contribution >= 4 is 33.1 Å². The van der Waals surface area contributed by atoms with E-state index in [1.54, 1.807) is 35.9 Å². The topological polar surface area (TPSA) is 88.1 Å². The molecule has 0 atom stereocenters. The number of aryl methyl sites for hydroxylation is 1. The van der Waals surface area contributed by atoms with Gasteiger partial charge < -0.3 is 9.30 Å². The Labute approximate surface area is 175 Å². The number of fused-ring (bicyclic) bond motifs is 1. The molecule has 0 N–H and O–H groups in total. The van der Waals surface area contributed by atoms with E-state index in [9.17, 15) is 14.4 Å². The average Bonchev–Trinajstić information content (AvgIpc) is 3.04. The number of methoxy groups -OCH3 is 1. The molecule has 0 amide bonds. The molecule has 0 saturated heterocycles. The third-order valence-electron chi connectivity index (χ3n) is 4.58. The highest BCUT2D eigenvalue weighted by molar-refractivity contribution is 9.10. The zero-order valence-corrected chi connectivity index (χ0v) is 18.2. The summed E-state index contributed by atoms with van der Waals surface area (Å²) in [6.07, 6.45) is 1.98. The molecule has 0 spiro atoms. The third kappa shape index (κ3) is 3.95. The molecule has 0 fully saturated rings. The standard InChI is InChI=1S/C20H21BrN4O4/c1-12(2)9-10-24-15-16(22-19(24)21)23(3)20(28)25(17(15)26)11-13-5-7-14(8-6-13)18(27)29-4/h5-9H,10-11H2,1-4H3. The summed E-state index contributed by atoms with van der Waals surface area (Å²) in [6, 6.07) is 6.59. The van der Waals surface area contributed by atoms with Gasteiger partial charge in [0.2, 0.25) is 0 Å². The Hall–Kier alpha value is -2.94. The van der Waals surface area contributed by atoms with Gasteiger partial charge in [0.05, 0.1) is 19.2 Å². The van der Waals surface area contributed by atoms with Crippen LogP contribution in [0.1, 0.15) is 29.8 Å². The molecule has 29 heavy (non-hydrogen) atoms. The Morgan fingerprint density at radius 1 is 1.17 bits per heavy atom. The van der Waals surface area contributed by atoms with Crippen molar-refractivity contribution in [1.29, 1.82) is 0 Å². The molecule has 0 aliphatic rings. The molecule has 1 aromatic carbocycles. The fourth-order valence-electron chi connectivity index (χ4n) is 2.97. The SMILES string of the molecule is COC(=O)c1ccc(Cn2c(=O)c3c(nc(Br)n3CC=C(C)C)n(C)c2=O)cc1. The molecule has 0 bridgehead atoms. The Balaban J connectivity index is 2.12. The number of imidazole rings is 1. The van der Waals surface area contributed by atoms with E-state index >= 15 is 0 Å². The predicted molar refractivity (Wildman–Crippen MR) is 113 cm³/mol. The minimum atomic E-state index is -0.459. The molecule has 9 heteroatoms. The zero-order valence-electron chi connectivity index (χ0n) is 16.6. The summed E-state index contributed by atoms with van der Waals surface area (Å²) in [7, 11) is 2.90. The maximum atomic E-state index is 13.2. The van der Waals surface area contributed by atoms with Gasteiger partial charge in [-0.05, 0) is 47.5 Å². The Morgan fingerprint density at radius 3 is 2.41 bits per heavy atom. The molecule has 3 rings (SSSR count). The van der Waals surface area contributed by atoms with Crippen molar-refractivity contribution < 1.29 is 9.53 Å². The van der Waals surface area contributed by atoms with Crippen molar-refractivity contribution in [3.8, 4) is 0 Å². The monoisotopic (exact) mass is 460 g/mol. The number of allylic oxidation sites excluding steroid dienone is 2. The van der Waals surface area contributed by atoms with Crippen LogP contribution in [-0.4, -0.2) is 31.8 Å². The second-order valence-electron chi connectivity index (χ2n) is 6.87. The summed E-state index contributed by atoms with van der Waals surface area (Å²) in [6.45, 7) is 4.48. The van der Waals surface area contributed by atoms with Crippen LogP contribution < -0.4 is 11.2 Å². The number of esters is 1. The van der Waals surface area contributed by atoms with E-state index in [4.69, 9.17) is 0 Å².